The number of methoxy groups -OCH3 is 1. The Labute approximate surface area is 254 Å². The molecule has 9 heteroatoms. The maximum Gasteiger partial charge on any atom is 0.411 e. The van der Waals surface area contributed by atoms with E-state index < -0.39 is 6.09 Å². The van der Waals surface area contributed by atoms with Gasteiger partial charge in [-0.25, -0.2) is 4.79 Å². The molecule has 1 aliphatic rings. The fourth-order valence-electron chi connectivity index (χ4n) is 5.21. The number of ether oxygens (including phenoxy) is 2. The molecule has 1 heterocycles. The predicted molar refractivity (Wildman–Crippen MR) is 169 cm³/mol. The number of benzene rings is 3. The van der Waals surface area contributed by atoms with Gasteiger partial charge in [0.1, 0.15) is 6.10 Å². The number of unbranched alkanes of at least 4 members (excludes halogenated alkanes) is 2. The number of nitrogens with zero attached hydrogens (tertiary/aromatic N) is 1. The highest BCUT2D eigenvalue weighted by Crippen LogP contribution is 2.28. The molecule has 3 aromatic carbocycles. The largest absolute Gasteiger partial charge is 0.504 e. The van der Waals surface area contributed by atoms with Crippen LogP contribution in [-0.2, 0) is 16.1 Å². The van der Waals surface area contributed by atoms with Crippen molar-refractivity contribution in [2.24, 2.45) is 0 Å². The Morgan fingerprint density at radius 1 is 0.930 bits per heavy atom. The zero-order chi connectivity index (χ0) is 30.3. The number of nitrogens with one attached hydrogen (secondary N) is 3. The van der Waals surface area contributed by atoms with Gasteiger partial charge in [0.05, 0.1) is 12.8 Å². The molecule has 230 valence electrons. The van der Waals surface area contributed by atoms with Crippen molar-refractivity contribution < 1.29 is 24.2 Å². The zero-order valence-electron chi connectivity index (χ0n) is 25.0. The van der Waals surface area contributed by atoms with E-state index in [4.69, 9.17) is 9.47 Å². The number of phenolic OH excluding ortho intramolecular Hbond substituents is 1. The molecule has 1 aliphatic heterocycles. The minimum atomic E-state index is -0.436. The number of carbonyl (C=O) groups is 2. The second-order valence-corrected chi connectivity index (χ2v) is 10.8. The van der Waals surface area contributed by atoms with Crippen LogP contribution in [0.15, 0.2) is 72.8 Å². The number of piperidine rings is 1. The van der Waals surface area contributed by atoms with Gasteiger partial charge in [-0.15, -0.1) is 0 Å². The monoisotopic (exact) mass is 588 g/mol. The lowest BCUT2D eigenvalue weighted by atomic mass is 10.0. The maximum absolute atomic E-state index is 12.6. The third-order valence-corrected chi connectivity index (χ3v) is 7.64. The van der Waals surface area contributed by atoms with E-state index in [0.29, 0.717) is 31.8 Å². The minimum absolute atomic E-state index is 0.0762. The first-order valence-corrected chi connectivity index (χ1v) is 15.2. The second-order valence-electron chi connectivity index (χ2n) is 10.8. The van der Waals surface area contributed by atoms with Crippen LogP contribution in [0.1, 0.15) is 44.1 Å². The quantitative estimate of drug-likeness (QED) is 0.172. The summed E-state index contributed by atoms with van der Waals surface area (Å²) >= 11 is 0. The van der Waals surface area contributed by atoms with Crippen LogP contribution in [-0.4, -0.2) is 67.9 Å². The summed E-state index contributed by atoms with van der Waals surface area (Å²) < 4.78 is 10.8. The number of amides is 2. The third-order valence-electron chi connectivity index (χ3n) is 7.64. The van der Waals surface area contributed by atoms with Crippen LogP contribution in [0.3, 0.4) is 0 Å². The molecule has 3 aromatic rings. The highest BCUT2D eigenvalue weighted by Gasteiger charge is 2.23. The van der Waals surface area contributed by atoms with Gasteiger partial charge in [0.2, 0.25) is 5.91 Å². The Bertz CT molecular complexity index is 1290. The van der Waals surface area contributed by atoms with Crippen molar-refractivity contribution in [3.8, 4) is 22.6 Å². The van der Waals surface area contributed by atoms with Crippen molar-refractivity contribution in [2.45, 2.75) is 51.2 Å². The molecular weight excluding hydrogens is 544 g/mol. The minimum Gasteiger partial charge on any atom is -0.504 e. The van der Waals surface area contributed by atoms with Crippen LogP contribution < -0.4 is 20.7 Å². The number of carbonyl (C=O) groups excluding carboxylic acids is 2. The molecule has 0 bridgehead atoms. The SMILES string of the molecule is COc1ccc(CNCCCCCNC(=O)CCN2CCC(OC(=O)Nc3ccccc3-c3ccccc3)CC2)cc1O. The molecule has 0 unspecified atom stereocenters. The second kappa shape index (κ2) is 17.1. The van der Waals surface area contributed by atoms with Crippen molar-refractivity contribution in [3.05, 3.63) is 78.4 Å². The molecule has 1 fully saturated rings. The molecule has 0 saturated carbocycles. The van der Waals surface area contributed by atoms with Crippen molar-refractivity contribution in [1.82, 2.24) is 15.5 Å². The Morgan fingerprint density at radius 3 is 2.44 bits per heavy atom. The summed E-state index contributed by atoms with van der Waals surface area (Å²) in [6.45, 7) is 4.56. The van der Waals surface area contributed by atoms with Crippen molar-refractivity contribution in [2.75, 3.05) is 45.2 Å². The first-order chi connectivity index (χ1) is 21.0. The smallest absolute Gasteiger partial charge is 0.411 e. The van der Waals surface area contributed by atoms with Crippen LogP contribution >= 0.6 is 0 Å². The van der Waals surface area contributed by atoms with Gasteiger partial charge in [-0.2, -0.15) is 0 Å². The Balaban J connectivity index is 1.02. The number of para-hydroxylation sites is 1. The van der Waals surface area contributed by atoms with E-state index in [-0.39, 0.29) is 17.8 Å². The van der Waals surface area contributed by atoms with Crippen molar-refractivity contribution in [3.63, 3.8) is 0 Å². The van der Waals surface area contributed by atoms with Gasteiger partial charge in [-0.3, -0.25) is 10.1 Å². The molecular formula is C34H44N4O5. The standard InChI is InChI=1S/C34H44N4O5/c1-42-32-15-14-26(24-31(32)39)25-35-19-8-3-9-20-36-33(40)18-23-38-21-16-28(17-22-38)43-34(41)37-30-13-7-6-12-29(30)27-10-4-2-5-11-27/h2,4-7,10-15,24,28,35,39H,3,8-9,16-23,25H2,1H3,(H,36,40)(H,37,41). The molecule has 0 radical (unpaired) electrons. The van der Waals surface area contributed by atoms with Crippen LogP contribution in [0.5, 0.6) is 11.5 Å². The third kappa shape index (κ3) is 10.6. The van der Waals surface area contributed by atoms with E-state index >= 15 is 0 Å². The van der Waals surface area contributed by atoms with Crippen LogP contribution in [0.25, 0.3) is 11.1 Å². The summed E-state index contributed by atoms with van der Waals surface area (Å²) in [7, 11) is 1.54. The number of likely N-dealkylation sites (tertiary alicyclic amines) is 1. The first-order valence-electron chi connectivity index (χ1n) is 15.2. The van der Waals surface area contributed by atoms with E-state index in [1.54, 1.807) is 12.1 Å². The fourth-order valence-corrected chi connectivity index (χ4v) is 5.21. The van der Waals surface area contributed by atoms with E-state index in [0.717, 1.165) is 74.1 Å². The molecule has 43 heavy (non-hydrogen) atoms. The van der Waals surface area contributed by atoms with E-state index in [9.17, 15) is 14.7 Å². The summed E-state index contributed by atoms with van der Waals surface area (Å²) in [5.74, 6) is 0.702. The summed E-state index contributed by atoms with van der Waals surface area (Å²) in [5.41, 5.74) is 3.72. The van der Waals surface area contributed by atoms with Gasteiger partial charge in [0.25, 0.3) is 0 Å². The first kappa shape index (κ1) is 31.8. The van der Waals surface area contributed by atoms with Gasteiger partial charge >= 0.3 is 6.09 Å². The van der Waals surface area contributed by atoms with Gasteiger partial charge < -0.3 is 30.1 Å². The summed E-state index contributed by atoms with van der Waals surface area (Å²) in [6.07, 6.45) is 4.40. The zero-order valence-corrected chi connectivity index (χ0v) is 25.0. The summed E-state index contributed by atoms with van der Waals surface area (Å²) in [6, 6.07) is 23.1. The number of rotatable bonds is 15. The summed E-state index contributed by atoms with van der Waals surface area (Å²) in [5, 5.41) is 19.2. The molecule has 0 aromatic heterocycles. The Hall–Kier alpha value is -4.08. The number of aromatic hydroxyl groups is 1. The molecule has 2 amide bonds. The highest BCUT2D eigenvalue weighted by molar-refractivity contribution is 5.91. The van der Waals surface area contributed by atoms with Crippen LogP contribution in [0, 0.1) is 0 Å². The van der Waals surface area contributed by atoms with Crippen molar-refractivity contribution in [1.29, 1.82) is 0 Å². The lowest BCUT2D eigenvalue weighted by Crippen LogP contribution is -2.40. The average molecular weight is 589 g/mol. The highest BCUT2D eigenvalue weighted by atomic mass is 16.6. The molecule has 4 N–H and O–H groups in total. The molecule has 0 spiro atoms. The van der Waals surface area contributed by atoms with Crippen LogP contribution in [0.2, 0.25) is 0 Å². The Kier molecular flexibility index (Phi) is 12.7. The molecule has 9 nitrogen and oxygen atoms in total. The number of hydrogen-bond acceptors (Lipinski definition) is 7. The van der Waals surface area contributed by atoms with Gasteiger partial charge in [0, 0.05) is 44.7 Å². The van der Waals surface area contributed by atoms with Crippen molar-refractivity contribution >= 4 is 17.7 Å². The lowest BCUT2D eigenvalue weighted by Gasteiger charge is -2.31. The number of anilines is 1. The van der Waals surface area contributed by atoms with E-state index in [1.807, 2.05) is 60.7 Å². The maximum atomic E-state index is 12.6. The predicted octanol–water partition coefficient (Wildman–Crippen LogP) is 5.55. The number of hydrogen-bond donors (Lipinski definition) is 4. The van der Waals surface area contributed by atoms with Gasteiger partial charge in [0.15, 0.2) is 11.5 Å². The molecule has 4 rings (SSSR count). The van der Waals surface area contributed by atoms with Gasteiger partial charge in [-0.05, 0) is 61.6 Å². The normalized spacial score (nSPS) is 13.8. The fraction of sp³-hybridized carbons (Fsp3) is 0.412. The summed E-state index contributed by atoms with van der Waals surface area (Å²) in [4.78, 5) is 27.2. The Morgan fingerprint density at radius 2 is 1.67 bits per heavy atom. The average Bonchev–Trinajstić information content (AvgIpc) is 3.02. The number of phenols is 1. The molecule has 1 saturated heterocycles. The van der Waals surface area contributed by atoms with Crippen LogP contribution in [0.4, 0.5) is 10.5 Å². The molecule has 0 aliphatic carbocycles. The molecule has 0 atom stereocenters. The van der Waals surface area contributed by atoms with E-state index in [2.05, 4.69) is 20.9 Å². The lowest BCUT2D eigenvalue weighted by molar-refractivity contribution is -0.121. The van der Waals surface area contributed by atoms with E-state index in [1.165, 1.54) is 7.11 Å². The van der Waals surface area contributed by atoms with Gasteiger partial charge in [-0.1, -0.05) is 61.0 Å². The topological polar surface area (TPSA) is 112 Å².